The predicted octanol–water partition coefficient (Wildman–Crippen LogP) is 2.96. The van der Waals surface area contributed by atoms with Crippen LogP contribution in [0, 0.1) is 11.3 Å². The molecule has 0 saturated carbocycles. The number of hydrogen-bond acceptors (Lipinski definition) is 3. The summed E-state index contributed by atoms with van der Waals surface area (Å²) in [5, 5.41) is 8.70. The quantitative estimate of drug-likeness (QED) is 0.848. The van der Waals surface area contributed by atoms with Gasteiger partial charge < -0.3 is 0 Å². The maximum Gasteiger partial charge on any atom is 0.178 e. The third-order valence-electron chi connectivity index (χ3n) is 3.06. The van der Waals surface area contributed by atoms with E-state index in [2.05, 4.69) is 0 Å². The molecule has 0 radical (unpaired) electrons. The zero-order chi connectivity index (χ0) is 14.4. The van der Waals surface area contributed by atoms with Crippen molar-refractivity contribution in [3.8, 4) is 6.07 Å². The number of sulfone groups is 1. The lowest BCUT2D eigenvalue weighted by Gasteiger charge is -2.05. The molecule has 0 aliphatic carbocycles. The van der Waals surface area contributed by atoms with E-state index in [0.29, 0.717) is 12.0 Å². The van der Waals surface area contributed by atoms with E-state index in [1.807, 2.05) is 36.4 Å². The van der Waals surface area contributed by atoms with Crippen LogP contribution in [0.25, 0.3) is 0 Å². The molecule has 3 nitrogen and oxygen atoms in total. The second-order valence-electron chi connectivity index (χ2n) is 4.54. The van der Waals surface area contributed by atoms with E-state index in [9.17, 15) is 8.42 Å². The number of hydrogen-bond donors (Lipinski definition) is 0. The van der Waals surface area contributed by atoms with Gasteiger partial charge in [-0.15, -0.1) is 0 Å². The summed E-state index contributed by atoms with van der Waals surface area (Å²) in [6, 6.07) is 17.9. The Morgan fingerprint density at radius 1 is 0.950 bits per heavy atom. The first-order valence-electron chi connectivity index (χ1n) is 6.39. The predicted molar refractivity (Wildman–Crippen MR) is 78.0 cm³/mol. The van der Waals surface area contributed by atoms with Gasteiger partial charge in [0.2, 0.25) is 0 Å². The maximum absolute atomic E-state index is 12.1. The molecule has 2 rings (SSSR count). The van der Waals surface area contributed by atoms with Crippen LogP contribution in [0.3, 0.4) is 0 Å². The van der Waals surface area contributed by atoms with Crippen LogP contribution in [0.2, 0.25) is 0 Å². The maximum atomic E-state index is 12.1. The molecular weight excluding hydrogens is 270 g/mol. The lowest BCUT2D eigenvalue weighted by molar-refractivity contribution is 0.593. The van der Waals surface area contributed by atoms with Crippen molar-refractivity contribution < 1.29 is 8.42 Å². The zero-order valence-corrected chi connectivity index (χ0v) is 11.8. The molecule has 0 bridgehead atoms. The third kappa shape index (κ3) is 3.69. The minimum Gasteiger partial charge on any atom is -0.224 e. The van der Waals surface area contributed by atoms with E-state index in [4.69, 9.17) is 5.26 Å². The van der Waals surface area contributed by atoms with Gasteiger partial charge in [0.15, 0.2) is 9.84 Å². The molecule has 0 unspecified atom stereocenters. The smallest absolute Gasteiger partial charge is 0.178 e. The molecule has 4 heteroatoms. The van der Waals surface area contributed by atoms with Gasteiger partial charge in [0.1, 0.15) is 0 Å². The van der Waals surface area contributed by atoms with Crippen LogP contribution in [0.15, 0.2) is 59.5 Å². The van der Waals surface area contributed by atoms with Crippen molar-refractivity contribution >= 4 is 9.84 Å². The Labute approximate surface area is 119 Å². The topological polar surface area (TPSA) is 57.9 Å². The van der Waals surface area contributed by atoms with Gasteiger partial charge in [-0.05, 0) is 42.7 Å². The standard InChI is InChI=1S/C16H15NO2S/c17-13-15-8-10-16(11-9-15)20(18,19)12-4-7-14-5-2-1-3-6-14/h1-3,5-6,8-11H,4,7,12H2. The lowest BCUT2D eigenvalue weighted by atomic mass is 10.1. The molecule has 0 heterocycles. The Morgan fingerprint density at radius 2 is 1.60 bits per heavy atom. The minimum absolute atomic E-state index is 0.119. The van der Waals surface area contributed by atoms with Crippen molar-refractivity contribution in [3.05, 3.63) is 65.7 Å². The molecule has 0 spiro atoms. The fourth-order valence-electron chi connectivity index (χ4n) is 1.97. The Hall–Kier alpha value is -2.12. The van der Waals surface area contributed by atoms with Crippen molar-refractivity contribution in [2.75, 3.05) is 5.75 Å². The highest BCUT2D eigenvalue weighted by Gasteiger charge is 2.13. The monoisotopic (exact) mass is 285 g/mol. The van der Waals surface area contributed by atoms with Crippen LogP contribution in [0.4, 0.5) is 0 Å². The fraction of sp³-hybridized carbons (Fsp3) is 0.188. The molecule has 0 atom stereocenters. The van der Waals surface area contributed by atoms with Crippen LogP contribution in [-0.2, 0) is 16.3 Å². The number of nitriles is 1. The van der Waals surface area contributed by atoms with Crippen molar-refractivity contribution in [2.24, 2.45) is 0 Å². The van der Waals surface area contributed by atoms with E-state index < -0.39 is 9.84 Å². The molecule has 0 amide bonds. The van der Waals surface area contributed by atoms with E-state index >= 15 is 0 Å². The first-order chi connectivity index (χ1) is 9.62. The largest absolute Gasteiger partial charge is 0.224 e. The highest BCUT2D eigenvalue weighted by atomic mass is 32.2. The van der Waals surface area contributed by atoms with Gasteiger partial charge in [-0.25, -0.2) is 8.42 Å². The van der Waals surface area contributed by atoms with E-state index in [1.165, 1.54) is 24.3 Å². The molecule has 0 aliphatic heterocycles. The summed E-state index contributed by atoms with van der Waals surface area (Å²) in [5.74, 6) is 0.119. The van der Waals surface area contributed by atoms with Gasteiger partial charge >= 0.3 is 0 Å². The van der Waals surface area contributed by atoms with Crippen LogP contribution >= 0.6 is 0 Å². The molecule has 102 valence electrons. The summed E-state index contributed by atoms with van der Waals surface area (Å²) in [4.78, 5) is 0.282. The van der Waals surface area contributed by atoms with Crippen molar-refractivity contribution in [2.45, 2.75) is 17.7 Å². The average Bonchev–Trinajstić information content (AvgIpc) is 2.48. The van der Waals surface area contributed by atoms with Gasteiger partial charge in [0, 0.05) is 0 Å². The fourth-order valence-corrected chi connectivity index (χ4v) is 3.28. The van der Waals surface area contributed by atoms with Gasteiger partial charge in [-0.2, -0.15) is 5.26 Å². The van der Waals surface area contributed by atoms with E-state index in [1.54, 1.807) is 0 Å². The molecule has 0 aromatic heterocycles. The molecule has 2 aromatic carbocycles. The first-order valence-corrected chi connectivity index (χ1v) is 8.04. The van der Waals surface area contributed by atoms with Crippen molar-refractivity contribution in [1.29, 1.82) is 5.26 Å². The van der Waals surface area contributed by atoms with Gasteiger partial charge in [0.25, 0.3) is 0 Å². The molecule has 0 N–H and O–H groups in total. The summed E-state index contributed by atoms with van der Waals surface area (Å²) < 4.78 is 24.3. The first kappa shape index (κ1) is 14.3. The zero-order valence-electron chi connectivity index (χ0n) is 11.0. The Morgan fingerprint density at radius 3 is 2.20 bits per heavy atom. The molecule has 0 fully saturated rings. The Bertz CT molecular complexity index is 698. The van der Waals surface area contributed by atoms with Crippen molar-refractivity contribution in [1.82, 2.24) is 0 Å². The molecule has 2 aromatic rings. The number of nitrogens with zero attached hydrogens (tertiary/aromatic N) is 1. The summed E-state index contributed by atoms with van der Waals surface area (Å²) >= 11 is 0. The van der Waals surface area contributed by atoms with Crippen molar-refractivity contribution in [3.63, 3.8) is 0 Å². The number of benzene rings is 2. The molecule has 0 aliphatic rings. The van der Waals surface area contributed by atoms with Crippen LogP contribution < -0.4 is 0 Å². The van der Waals surface area contributed by atoms with Crippen LogP contribution in [0.5, 0.6) is 0 Å². The normalized spacial score (nSPS) is 10.9. The van der Waals surface area contributed by atoms with Gasteiger partial charge in [-0.3, -0.25) is 0 Å². The summed E-state index contributed by atoms with van der Waals surface area (Å²) in [6.07, 6.45) is 1.34. The molecule has 0 saturated heterocycles. The molecule has 20 heavy (non-hydrogen) atoms. The minimum atomic E-state index is -3.26. The highest BCUT2D eigenvalue weighted by molar-refractivity contribution is 7.91. The highest BCUT2D eigenvalue weighted by Crippen LogP contribution is 2.14. The third-order valence-corrected chi connectivity index (χ3v) is 4.88. The lowest BCUT2D eigenvalue weighted by Crippen LogP contribution is -2.07. The Kier molecular flexibility index (Phi) is 4.54. The number of rotatable bonds is 5. The Balaban J connectivity index is 1.99. The van der Waals surface area contributed by atoms with Gasteiger partial charge in [0.05, 0.1) is 22.3 Å². The number of aryl methyl sites for hydroxylation is 1. The second kappa shape index (κ2) is 6.36. The van der Waals surface area contributed by atoms with E-state index in [-0.39, 0.29) is 10.6 Å². The average molecular weight is 285 g/mol. The van der Waals surface area contributed by atoms with Gasteiger partial charge in [-0.1, -0.05) is 30.3 Å². The molecular formula is C16H15NO2S. The SMILES string of the molecule is N#Cc1ccc(S(=O)(=O)CCCc2ccccc2)cc1. The van der Waals surface area contributed by atoms with Crippen LogP contribution in [0.1, 0.15) is 17.5 Å². The summed E-state index contributed by atoms with van der Waals surface area (Å²) in [5.41, 5.74) is 1.61. The van der Waals surface area contributed by atoms with E-state index in [0.717, 1.165) is 12.0 Å². The second-order valence-corrected chi connectivity index (χ2v) is 6.65. The van der Waals surface area contributed by atoms with Crippen LogP contribution in [-0.4, -0.2) is 14.2 Å². The summed E-state index contributed by atoms with van der Waals surface area (Å²) in [6.45, 7) is 0. The summed E-state index contributed by atoms with van der Waals surface area (Å²) in [7, 11) is -3.26.